The maximum atomic E-state index is 4.63. The molecular weight excluding hydrogens is 311 g/mol. The van der Waals surface area contributed by atoms with Crippen molar-refractivity contribution in [1.82, 2.24) is 7.96 Å². The van der Waals surface area contributed by atoms with Crippen molar-refractivity contribution in [3.05, 3.63) is 11.1 Å². The summed E-state index contributed by atoms with van der Waals surface area (Å²) in [5.41, 5.74) is 6.67. The van der Waals surface area contributed by atoms with Crippen LogP contribution in [0.4, 0.5) is 11.4 Å². The van der Waals surface area contributed by atoms with Crippen LogP contribution in [0.15, 0.2) is 8.73 Å². The van der Waals surface area contributed by atoms with Crippen LogP contribution in [0.25, 0.3) is 11.0 Å². The Morgan fingerprint density at radius 1 is 0.833 bits per heavy atom. The molecule has 0 N–H and O–H groups in total. The van der Waals surface area contributed by atoms with Crippen molar-refractivity contribution in [3.8, 4) is 0 Å². The number of fused-ring (bicyclic) bond motifs is 2. The Morgan fingerprint density at radius 3 is 1.67 bits per heavy atom. The monoisotopic (exact) mass is 326 g/mol. The Morgan fingerprint density at radius 2 is 1.28 bits per heavy atom. The van der Waals surface area contributed by atoms with Crippen LogP contribution in [0.5, 0.6) is 0 Å². The van der Waals surface area contributed by atoms with E-state index in [2.05, 4.69) is 44.4 Å². The van der Waals surface area contributed by atoms with Crippen molar-refractivity contribution >= 4 is 48.7 Å². The number of nitrogens with zero attached hydrogens (tertiary/aromatic N) is 4. The van der Waals surface area contributed by atoms with Crippen LogP contribution in [0, 0.1) is 0 Å². The molecular formula is C12H14N4SSe. The Balaban J connectivity index is 2.49. The van der Waals surface area contributed by atoms with Gasteiger partial charge in [0.1, 0.15) is 0 Å². The fraction of sp³-hybridized carbons (Fsp3) is 0.500. The summed E-state index contributed by atoms with van der Waals surface area (Å²) in [5, 5.41) is 0. The quantitative estimate of drug-likeness (QED) is 0.675. The molecule has 0 saturated heterocycles. The van der Waals surface area contributed by atoms with E-state index >= 15 is 0 Å². The number of rotatable bonds is 2. The summed E-state index contributed by atoms with van der Waals surface area (Å²) >= 11 is 1.29. The van der Waals surface area contributed by atoms with Crippen molar-refractivity contribution in [2.45, 2.75) is 39.5 Å². The standard InChI is InChI=1S/C12H14N4SSe/c1-5(2)7-9-10(14-17-13-9)8(6(3)4)12-11(7)15-18-16-12/h5-6H,1-4H3. The van der Waals surface area contributed by atoms with Crippen molar-refractivity contribution in [1.29, 1.82) is 0 Å². The van der Waals surface area contributed by atoms with Gasteiger partial charge in [-0.25, -0.2) is 0 Å². The molecule has 1 aromatic carbocycles. The summed E-state index contributed by atoms with van der Waals surface area (Å²) in [4.78, 5) is 0. The molecule has 0 radical (unpaired) electrons. The van der Waals surface area contributed by atoms with E-state index in [0.29, 0.717) is 11.8 Å². The molecule has 0 saturated carbocycles. The third-order valence-corrected chi connectivity index (χ3v) is 4.79. The first kappa shape index (κ1) is 12.2. The molecule has 94 valence electrons. The maximum absolute atomic E-state index is 4.63. The second kappa shape index (κ2) is 4.37. The average Bonchev–Trinajstić information content (AvgIpc) is 2.91. The van der Waals surface area contributed by atoms with Gasteiger partial charge in [-0.2, -0.15) is 0 Å². The van der Waals surface area contributed by atoms with Gasteiger partial charge in [-0.05, 0) is 0 Å². The number of benzene rings is 1. The first-order valence-corrected chi connectivity index (χ1v) is 8.27. The summed E-state index contributed by atoms with van der Waals surface area (Å²) in [6.07, 6.45) is 0. The van der Waals surface area contributed by atoms with Crippen LogP contribution >= 0.6 is 0 Å². The summed E-state index contributed by atoms with van der Waals surface area (Å²) in [6, 6.07) is 0. The van der Waals surface area contributed by atoms with E-state index < -0.39 is 0 Å². The van der Waals surface area contributed by atoms with Gasteiger partial charge in [-0.15, -0.1) is 0 Å². The number of aromatic nitrogens is 2. The van der Waals surface area contributed by atoms with Crippen molar-refractivity contribution < 1.29 is 0 Å². The van der Waals surface area contributed by atoms with E-state index in [1.165, 1.54) is 22.5 Å². The van der Waals surface area contributed by atoms with Crippen molar-refractivity contribution in [2.75, 3.05) is 0 Å². The van der Waals surface area contributed by atoms with E-state index in [1.54, 1.807) is 0 Å². The van der Waals surface area contributed by atoms with Gasteiger partial charge >= 0.3 is 116 Å². The molecule has 3 rings (SSSR count). The third kappa shape index (κ3) is 1.63. The first-order valence-electron chi connectivity index (χ1n) is 6.01. The summed E-state index contributed by atoms with van der Waals surface area (Å²) in [7, 11) is 0. The van der Waals surface area contributed by atoms with Crippen LogP contribution in [-0.2, 0) is 11.4 Å². The average molecular weight is 325 g/mol. The van der Waals surface area contributed by atoms with E-state index in [9.17, 15) is 0 Å². The molecule has 0 atom stereocenters. The molecule has 2 aromatic rings. The normalized spacial score (nSPS) is 13.7. The second-order valence-corrected chi connectivity index (χ2v) is 6.70. The van der Waals surface area contributed by atoms with Crippen LogP contribution < -0.4 is 0 Å². The van der Waals surface area contributed by atoms with Gasteiger partial charge in [-0.1, -0.05) is 0 Å². The zero-order chi connectivity index (χ0) is 12.9. The fourth-order valence-corrected chi connectivity index (χ4v) is 4.18. The van der Waals surface area contributed by atoms with Gasteiger partial charge in [0.2, 0.25) is 0 Å². The van der Waals surface area contributed by atoms with E-state index in [1.807, 2.05) is 0 Å². The Bertz CT molecular complexity index is 642. The van der Waals surface area contributed by atoms with Crippen LogP contribution in [0.1, 0.15) is 50.7 Å². The van der Waals surface area contributed by atoms with Gasteiger partial charge in [0.15, 0.2) is 0 Å². The van der Waals surface area contributed by atoms with Gasteiger partial charge < -0.3 is 0 Å². The molecule has 0 fully saturated rings. The molecule has 18 heavy (non-hydrogen) atoms. The van der Waals surface area contributed by atoms with E-state index in [0.717, 1.165) is 22.4 Å². The topological polar surface area (TPSA) is 50.5 Å². The van der Waals surface area contributed by atoms with E-state index in [-0.39, 0.29) is 15.0 Å². The Labute approximate surface area is 116 Å². The summed E-state index contributed by atoms with van der Waals surface area (Å²) < 4.78 is 18.2. The van der Waals surface area contributed by atoms with Gasteiger partial charge in [0, 0.05) is 0 Å². The van der Waals surface area contributed by atoms with Gasteiger partial charge in [0.05, 0.1) is 0 Å². The van der Waals surface area contributed by atoms with Crippen molar-refractivity contribution in [2.24, 2.45) is 8.73 Å². The minimum absolute atomic E-state index is 0.00214. The second-order valence-electron chi connectivity index (χ2n) is 5.06. The van der Waals surface area contributed by atoms with Gasteiger partial charge in [-0.3, -0.25) is 0 Å². The van der Waals surface area contributed by atoms with Crippen LogP contribution in [0.3, 0.4) is 0 Å². The number of hydrogen-bond acceptors (Lipinski definition) is 4. The minimum atomic E-state index is -0.00214. The molecule has 0 bridgehead atoms. The fourth-order valence-electron chi connectivity index (χ4n) is 2.40. The number of hydrogen-bond donors (Lipinski definition) is 0. The molecule has 1 aliphatic heterocycles. The van der Waals surface area contributed by atoms with Gasteiger partial charge in [0.25, 0.3) is 0 Å². The Kier molecular flexibility index (Phi) is 2.96. The van der Waals surface area contributed by atoms with Crippen LogP contribution in [-0.4, -0.2) is 22.9 Å². The summed E-state index contributed by atoms with van der Waals surface area (Å²) in [6.45, 7) is 8.74. The predicted octanol–water partition coefficient (Wildman–Crippen LogP) is 3.66. The summed E-state index contributed by atoms with van der Waals surface area (Å²) in [5.74, 6) is 0.804. The molecule has 0 spiro atoms. The molecule has 0 amide bonds. The van der Waals surface area contributed by atoms with E-state index in [4.69, 9.17) is 0 Å². The first-order chi connectivity index (χ1) is 8.61. The molecule has 1 aromatic heterocycles. The van der Waals surface area contributed by atoms with Crippen LogP contribution in [0.2, 0.25) is 0 Å². The SMILES string of the molecule is CC(C)c1c2c(c(C(C)C)c3n[se]nc13)N=S=N2. The third-order valence-electron chi connectivity index (χ3n) is 3.15. The predicted molar refractivity (Wildman–Crippen MR) is 76.2 cm³/mol. The molecule has 6 heteroatoms. The zero-order valence-corrected chi connectivity index (χ0v) is 13.3. The Hall–Kier alpha value is -0.841. The molecule has 0 aliphatic carbocycles. The molecule has 2 heterocycles. The molecule has 1 aliphatic rings. The molecule has 0 unspecified atom stereocenters. The zero-order valence-electron chi connectivity index (χ0n) is 10.8. The molecule has 4 nitrogen and oxygen atoms in total. The van der Waals surface area contributed by atoms with Crippen molar-refractivity contribution in [3.63, 3.8) is 0 Å².